The Morgan fingerprint density at radius 3 is 2.38 bits per heavy atom. The highest BCUT2D eigenvalue weighted by atomic mass is 15.4. The third-order valence-corrected chi connectivity index (χ3v) is 1.95. The SMILES string of the molecule is Cc1ccc(-c2cn(C)nn2)cc1. The van der Waals surface area contributed by atoms with E-state index in [-0.39, 0.29) is 0 Å². The molecule has 0 saturated carbocycles. The first-order valence-corrected chi connectivity index (χ1v) is 4.19. The van der Waals surface area contributed by atoms with Gasteiger partial charge >= 0.3 is 0 Å². The minimum Gasteiger partial charge on any atom is -0.255 e. The lowest BCUT2D eigenvalue weighted by molar-refractivity contribution is 0.715. The predicted molar refractivity (Wildman–Crippen MR) is 51.2 cm³/mol. The molecule has 0 radical (unpaired) electrons. The van der Waals surface area contributed by atoms with E-state index in [2.05, 4.69) is 41.5 Å². The van der Waals surface area contributed by atoms with Crippen molar-refractivity contribution in [3.05, 3.63) is 36.0 Å². The second-order valence-corrected chi connectivity index (χ2v) is 3.14. The van der Waals surface area contributed by atoms with Crippen LogP contribution in [0.4, 0.5) is 0 Å². The van der Waals surface area contributed by atoms with Gasteiger partial charge in [0.25, 0.3) is 0 Å². The molecule has 0 aliphatic rings. The lowest BCUT2D eigenvalue weighted by Gasteiger charge is -1.95. The van der Waals surface area contributed by atoms with Gasteiger partial charge in [0.1, 0.15) is 5.69 Å². The van der Waals surface area contributed by atoms with E-state index in [9.17, 15) is 0 Å². The molecule has 1 aromatic heterocycles. The van der Waals surface area contributed by atoms with Gasteiger partial charge in [-0.3, -0.25) is 4.68 Å². The number of rotatable bonds is 1. The van der Waals surface area contributed by atoms with E-state index in [4.69, 9.17) is 0 Å². The zero-order chi connectivity index (χ0) is 9.26. The fourth-order valence-corrected chi connectivity index (χ4v) is 1.20. The van der Waals surface area contributed by atoms with Gasteiger partial charge in [-0.05, 0) is 6.92 Å². The number of aromatic nitrogens is 3. The van der Waals surface area contributed by atoms with E-state index in [0.717, 1.165) is 11.3 Å². The third-order valence-electron chi connectivity index (χ3n) is 1.95. The predicted octanol–water partition coefficient (Wildman–Crippen LogP) is 1.79. The molecule has 3 nitrogen and oxygen atoms in total. The molecular weight excluding hydrogens is 162 g/mol. The maximum absolute atomic E-state index is 4.03. The van der Waals surface area contributed by atoms with Crippen LogP contribution in [0.3, 0.4) is 0 Å². The molecule has 0 fully saturated rings. The van der Waals surface area contributed by atoms with E-state index in [1.807, 2.05) is 13.2 Å². The van der Waals surface area contributed by atoms with Gasteiger partial charge in [-0.2, -0.15) is 0 Å². The Morgan fingerprint density at radius 2 is 1.85 bits per heavy atom. The van der Waals surface area contributed by atoms with E-state index < -0.39 is 0 Å². The zero-order valence-corrected chi connectivity index (χ0v) is 7.73. The van der Waals surface area contributed by atoms with Crippen molar-refractivity contribution in [2.24, 2.45) is 7.05 Å². The average Bonchev–Trinajstić information content (AvgIpc) is 2.53. The molecule has 1 aromatic carbocycles. The zero-order valence-electron chi connectivity index (χ0n) is 7.73. The molecule has 0 unspecified atom stereocenters. The van der Waals surface area contributed by atoms with Crippen LogP contribution in [0.1, 0.15) is 5.56 Å². The summed E-state index contributed by atoms with van der Waals surface area (Å²) in [4.78, 5) is 0. The van der Waals surface area contributed by atoms with Crippen LogP contribution in [0.25, 0.3) is 11.3 Å². The summed E-state index contributed by atoms with van der Waals surface area (Å²) in [6.45, 7) is 2.07. The molecule has 66 valence electrons. The molecule has 2 aromatic rings. The van der Waals surface area contributed by atoms with Crippen LogP contribution < -0.4 is 0 Å². The summed E-state index contributed by atoms with van der Waals surface area (Å²) in [5.41, 5.74) is 3.29. The Hall–Kier alpha value is -1.64. The molecule has 0 bridgehead atoms. The summed E-state index contributed by atoms with van der Waals surface area (Å²) in [6, 6.07) is 8.26. The Bertz CT molecular complexity index is 400. The van der Waals surface area contributed by atoms with Crippen molar-refractivity contribution < 1.29 is 0 Å². The fourth-order valence-electron chi connectivity index (χ4n) is 1.20. The normalized spacial score (nSPS) is 10.3. The average molecular weight is 173 g/mol. The minimum atomic E-state index is 0.919. The Balaban J connectivity index is 2.41. The van der Waals surface area contributed by atoms with Crippen molar-refractivity contribution in [3.63, 3.8) is 0 Å². The van der Waals surface area contributed by atoms with Crippen LogP contribution in [0.5, 0.6) is 0 Å². The molecular formula is C10H11N3. The van der Waals surface area contributed by atoms with Crippen molar-refractivity contribution in [2.45, 2.75) is 6.92 Å². The third kappa shape index (κ3) is 1.59. The van der Waals surface area contributed by atoms with E-state index in [1.54, 1.807) is 4.68 Å². The van der Waals surface area contributed by atoms with Gasteiger partial charge in [0, 0.05) is 12.6 Å². The van der Waals surface area contributed by atoms with Crippen molar-refractivity contribution in [2.75, 3.05) is 0 Å². The van der Waals surface area contributed by atoms with Crippen LogP contribution >= 0.6 is 0 Å². The summed E-state index contributed by atoms with van der Waals surface area (Å²) in [7, 11) is 1.87. The quantitative estimate of drug-likeness (QED) is 0.658. The van der Waals surface area contributed by atoms with Crippen LogP contribution in [0.2, 0.25) is 0 Å². The van der Waals surface area contributed by atoms with E-state index >= 15 is 0 Å². The van der Waals surface area contributed by atoms with Crippen molar-refractivity contribution in [1.29, 1.82) is 0 Å². The number of hydrogen-bond donors (Lipinski definition) is 0. The molecule has 0 aliphatic heterocycles. The first-order chi connectivity index (χ1) is 6.25. The smallest absolute Gasteiger partial charge is 0.113 e. The maximum atomic E-state index is 4.03. The monoisotopic (exact) mass is 173 g/mol. The molecule has 3 heteroatoms. The summed E-state index contributed by atoms with van der Waals surface area (Å²) in [6.07, 6.45) is 1.91. The number of benzene rings is 1. The Kier molecular flexibility index (Phi) is 1.85. The summed E-state index contributed by atoms with van der Waals surface area (Å²) >= 11 is 0. The molecule has 2 rings (SSSR count). The highest BCUT2D eigenvalue weighted by molar-refractivity contribution is 5.57. The summed E-state index contributed by atoms with van der Waals surface area (Å²) in [5.74, 6) is 0. The van der Waals surface area contributed by atoms with Crippen LogP contribution in [-0.4, -0.2) is 15.0 Å². The standard InChI is InChI=1S/C10H11N3/c1-8-3-5-9(6-4-8)10-7-13(2)12-11-10/h3-7H,1-2H3. The molecule has 0 atom stereocenters. The van der Waals surface area contributed by atoms with Crippen molar-refractivity contribution >= 4 is 0 Å². The molecule has 1 heterocycles. The molecule has 0 saturated heterocycles. The second kappa shape index (κ2) is 3.01. The maximum Gasteiger partial charge on any atom is 0.113 e. The number of hydrogen-bond acceptors (Lipinski definition) is 2. The summed E-state index contributed by atoms with van der Waals surface area (Å²) < 4.78 is 1.70. The minimum absolute atomic E-state index is 0.919. The number of nitrogens with zero attached hydrogens (tertiary/aromatic N) is 3. The van der Waals surface area contributed by atoms with Crippen molar-refractivity contribution in [3.8, 4) is 11.3 Å². The van der Waals surface area contributed by atoms with Gasteiger partial charge in [-0.1, -0.05) is 35.0 Å². The lowest BCUT2D eigenvalue weighted by atomic mass is 10.1. The van der Waals surface area contributed by atoms with Gasteiger partial charge in [-0.25, -0.2) is 0 Å². The van der Waals surface area contributed by atoms with E-state index in [0.29, 0.717) is 0 Å². The summed E-state index contributed by atoms with van der Waals surface area (Å²) in [5, 5.41) is 7.91. The first kappa shape index (κ1) is 7.98. The van der Waals surface area contributed by atoms with Gasteiger partial charge < -0.3 is 0 Å². The van der Waals surface area contributed by atoms with Gasteiger partial charge in [0.15, 0.2) is 0 Å². The fraction of sp³-hybridized carbons (Fsp3) is 0.200. The second-order valence-electron chi connectivity index (χ2n) is 3.14. The first-order valence-electron chi connectivity index (χ1n) is 4.19. The lowest BCUT2D eigenvalue weighted by Crippen LogP contribution is -1.85. The Labute approximate surface area is 77.0 Å². The van der Waals surface area contributed by atoms with Crippen molar-refractivity contribution in [1.82, 2.24) is 15.0 Å². The largest absolute Gasteiger partial charge is 0.255 e. The molecule has 13 heavy (non-hydrogen) atoms. The van der Waals surface area contributed by atoms with E-state index in [1.165, 1.54) is 5.56 Å². The van der Waals surface area contributed by atoms with Crippen LogP contribution in [-0.2, 0) is 7.05 Å². The van der Waals surface area contributed by atoms with Gasteiger partial charge in [0.05, 0.1) is 6.20 Å². The number of aryl methyl sites for hydroxylation is 2. The highest BCUT2D eigenvalue weighted by Crippen LogP contribution is 2.15. The Morgan fingerprint density at radius 1 is 1.15 bits per heavy atom. The molecule has 0 aliphatic carbocycles. The van der Waals surface area contributed by atoms with Gasteiger partial charge in [0.2, 0.25) is 0 Å². The van der Waals surface area contributed by atoms with Gasteiger partial charge in [-0.15, -0.1) is 5.10 Å². The highest BCUT2D eigenvalue weighted by Gasteiger charge is 2.00. The molecule has 0 spiro atoms. The molecule has 0 amide bonds. The van der Waals surface area contributed by atoms with Crippen LogP contribution in [0, 0.1) is 6.92 Å². The topological polar surface area (TPSA) is 30.7 Å². The molecule has 0 N–H and O–H groups in total. The van der Waals surface area contributed by atoms with Crippen LogP contribution in [0.15, 0.2) is 30.5 Å².